The zero-order valence-electron chi connectivity index (χ0n) is 16.7. The Morgan fingerprint density at radius 2 is 1.77 bits per heavy atom. The van der Waals surface area contributed by atoms with Crippen molar-refractivity contribution in [2.45, 2.75) is 37.3 Å². The zero-order valence-corrected chi connectivity index (χ0v) is 18.3. The minimum Gasteiger partial charge on any atom is -0.343 e. The molecule has 0 bridgehead atoms. The highest BCUT2D eigenvalue weighted by Gasteiger charge is 2.17. The average Bonchev–Trinajstić information content (AvgIpc) is 3.30. The Hall–Kier alpha value is -2.31. The van der Waals surface area contributed by atoms with E-state index < -0.39 is 0 Å². The fourth-order valence-electron chi connectivity index (χ4n) is 3.69. The summed E-state index contributed by atoms with van der Waals surface area (Å²) in [5, 5.41) is 1.87. The van der Waals surface area contributed by atoms with E-state index in [2.05, 4.69) is 0 Å². The van der Waals surface area contributed by atoms with Gasteiger partial charge in [0.2, 0.25) is 5.91 Å². The van der Waals surface area contributed by atoms with Crippen LogP contribution in [0.3, 0.4) is 0 Å². The second-order valence-electron chi connectivity index (χ2n) is 7.42. The van der Waals surface area contributed by atoms with Gasteiger partial charge in [0.25, 0.3) is 5.56 Å². The average molecular weight is 442 g/mol. The molecule has 1 saturated heterocycles. The Kier molecular flexibility index (Phi) is 6.75. The molecule has 0 spiro atoms. The van der Waals surface area contributed by atoms with Crippen LogP contribution in [0.15, 0.2) is 58.5 Å². The van der Waals surface area contributed by atoms with E-state index in [9.17, 15) is 9.59 Å². The molecule has 1 aromatic heterocycles. The number of fused-ring (bicyclic) bond motifs is 1. The number of likely N-dealkylation sites (tertiary alicyclic amines) is 1. The van der Waals surface area contributed by atoms with Crippen molar-refractivity contribution in [3.05, 3.63) is 63.9 Å². The Balaban J connectivity index is 1.49. The number of carbonyl (C=O) groups is 1. The van der Waals surface area contributed by atoms with Crippen LogP contribution >= 0.6 is 23.4 Å². The maximum Gasteiger partial charge on any atom is 0.266 e. The summed E-state index contributed by atoms with van der Waals surface area (Å²) in [6.07, 6.45) is 4.58. The maximum absolute atomic E-state index is 13.2. The quantitative estimate of drug-likeness (QED) is 0.296. The van der Waals surface area contributed by atoms with Crippen LogP contribution in [0.2, 0.25) is 5.02 Å². The van der Waals surface area contributed by atoms with E-state index in [0.717, 1.165) is 50.2 Å². The first-order valence-electron chi connectivity index (χ1n) is 10.3. The SMILES string of the molecule is O=C(CCCCSc1nc2ccccc2c(=O)n1-c1ccc(Cl)cc1)N1CCCC1. The molecule has 2 heterocycles. The lowest BCUT2D eigenvalue weighted by Crippen LogP contribution is -2.27. The summed E-state index contributed by atoms with van der Waals surface area (Å²) >= 11 is 7.58. The van der Waals surface area contributed by atoms with Crippen molar-refractivity contribution in [3.63, 3.8) is 0 Å². The number of halogens is 1. The van der Waals surface area contributed by atoms with E-state index in [1.54, 1.807) is 34.5 Å². The number of aromatic nitrogens is 2. The molecule has 1 aliphatic rings. The van der Waals surface area contributed by atoms with Crippen LogP contribution in [0.4, 0.5) is 0 Å². The molecule has 4 rings (SSSR count). The van der Waals surface area contributed by atoms with Gasteiger partial charge in [0.1, 0.15) is 0 Å². The minimum atomic E-state index is -0.0883. The second-order valence-corrected chi connectivity index (χ2v) is 8.92. The molecule has 1 aliphatic heterocycles. The molecule has 0 N–H and O–H groups in total. The highest BCUT2D eigenvalue weighted by molar-refractivity contribution is 7.99. The van der Waals surface area contributed by atoms with Crippen LogP contribution in [0.5, 0.6) is 0 Å². The van der Waals surface area contributed by atoms with Crippen molar-refractivity contribution in [3.8, 4) is 5.69 Å². The maximum atomic E-state index is 13.2. The van der Waals surface area contributed by atoms with Gasteiger partial charge in [0.15, 0.2) is 5.16 Å². The van der Waals surface area contributed by atoms with Gasteiger partial charge in [-0.3, -0.25) is 14.2 Å². The molecule has 0 atom stereocenters. The number of para-hydroxylation sites is 1. The molecule has 2 aromatic carbocycles. The third kappa shape index (κ3) is 4.71. The lowest BCUT2D eigenvalue weighted by molar-refractivity contribution is -0.130. The molecule has 156 valence electrons. The summed E-state index contributed by atoms with van der Waals surface area (Å²) in [7, 11) is 0. The lowest BCUT2D eigenvalue weighted by Gasteiger charge is -2.15. The van der Waals surface area contributed by atoms with Gasteiger partial charge in [-0.1, -0.05) is 35.5 Å². The van der Waals surface area contributed by atoms with E-state index in [-0.39, 0.29) is 11.5 Å². The van der Waals surface area contributed by atoms with E-state index >= 15 is 0 Å². The molecular weight excluding hydrogens is 418 g/mol. The van der Waals surface area contributed by atoms with Gasteiger partial charge >= 0.3 is 0 Å². The van der Waals surface area contributed by atoms with Gasteiger partial charge in [-0.15, -0.1) is 0 Å². The van der Waals surface area contributed by atoms with Gasteiger partial charge in [0.05, 0.1) is 16.6 Å². The van der Waals surface area contributed by atoms with Gasteiger partial charge in [-0.25, -0.2) is 4.98 Å². The smallest absolute Gasteiger partial charge is 0.266 e. The number of amides is 1. The van der Waals surface area contributed by atoms with E-state index in [1.807, 2.05) is 35.2 Å². The normalized spacial score (nSPS) is 13.8. The molecule has 1 fully saturated rings. The first-order chi connectivity index (χ1) is 14.6. The minimum absolute atomic E-state index is 0.0883. The van der Waals surface area contributed by atoms with Crippen LogP contribution in [0, 0.1) is 0 Å². The van der Waals surface area contributed by atoms with E-state index in [4.69, 9.17) is 16.6 Å². The molecular formula is C23H24ClN3O2S. The first-order valence-corrected chi connectivity index (χ1v) is 11.7. The molecule has 0 saturated carbocycles. The monoisotopic (exact) mass is 441 g/mol. The van der Waals surface area contributed by atoms with Gasteiger partial charge in [0, 0.05) is 30.3 Å². The van der Waals surface area contributed by atoms with Crippen LogP contribution < -0.4 is 5.56 Å². The fraction of sp³-hybridized carbons (Fsp3) is 0.348. The summed E-state index contributed by atoms with van der Waals surface area (Å²) in [5.74, 6) is 1.06. The zero-order chi connectivity index (χ0) is 20.9. The summed E-state index contributed by atoms with van der Waals surface area (Å²) in [4.78, 5) is 32.1. The number of unbranched alkanes of at least 4 members (excludes halogenated alkanes) is 1. The van der Waals surface area contributed by atoms with Crippen molar-refractivity contribution in [2.75, 3.05) is 18.8 Å². The van der Waals surface area contributed by atoms with Crippen LogP contribution in [-0.2, 0) is 4.79 Å². The van der Waals surface area contributed by atoms with E-state index in [1.165, 1.54) is 0 Å². The second kappa shape index (κ2) is 9.67. The molecule has 0 aliphatic carbocycles. The molecule has 7 heteroatoms. The summed E-state index contributed by atoms with van der Waals surface area (Å²) < 4.78 is 1.65. The largest absolute Gasteiger partial charge is 0.343 e. The van der Waals surface area contributed by atoms with Gasteiger partial charge in [-0.2, -0.15) is 0 Å². The number of benzene rings is 2. The Morgan fingerprint density at radius 1 is 1.03 bits per heavy atom. The molecule has 0 unspecified atom stereocenters. The van der Waals surface area contributed by atoms with Gasteiger partial charge in [-0.05, 0) is 62.1 Å². The molecule has 3 aromatic rings. The third-order valence-electron chi connectivity index (χ3n) is 5.30. The van der Waals surface area contributed by atoms with Crippen LogP contribution in [0.25, 0.3) is 16.6 Å². The molecule has 30 heavy (non-hydrogen) atoms. The Bertz CT molecular complexity index is 1090. The van der Waals surface area contributed by atoms with Gasteiger partial charge < -0.3 is 4.90 Å². The highest BCUT2D eigenvalue weighted by atomic mass is 35.5. The Labute approximate surface area is 185 Å². The number of nitrogens with zero attached hydrogens (tertiary/aromatic N) is 3. The van der Waals surface area contributed by atoms with Crippen molar-refractivity contribution in [1.29, 1.82) is 0 Å². The topological polar surface area (TPSA) is 55.2 Å². The van der Waals surface area contributed by atoms with Crippen LogP contribution in [0.1, 0.15) is 32.1 Å². The number of rotatable bonds is 7. The summed E-state index contributed by atoms with van der Waals surface area (Å²) in [6.45, 7) is 1.81. The summed E-state index contributed by atoms with van der Waals surface area (Å²) in [5.41, 5.74) is 1.35. The molecule has 1 amide bonds. The van der Waals surface area contributed by atoms with Crippen LogP contribution in [-0.4, -0.2) is 39.2 Å². The molecule has 0 radical (unpaired) electrons. The van der Waals surface area contributed by atoms with Crippen molar-refractivity contribution in [1.82, 2.24) is 14.5 Å². The summed E-state index contributed by atoms with van der Waals surface area (Å²) in [6, 6.07) is 14.6. The number of carbonyl (C=O) groups excluding carboxylic acids is 1. The highest BCUT2D eigenvalue weighted by Crippen LogP contribution is 2.23. The van der Waals surface area contributed by atoms with Crippen molar-refractivity contribution >= 4 is 40.2 Å². The molecule has 5 nitrogen and oxygen atoms in total. The predicted octanol–water partition coefficient (Wildman–Crippen LogP) is 4.92. The van der Waals surface area contributed by atoms with Crippen molar-refractivity contribution < 1.29 is 4.79 Å². The number of hydrogen-bond donors (Lipinski definition) is 0. The fourth-order valence-corrected chi connectivity index (χ4v) is 4.83. The van der Waals surface area contributed by atoms with Crippen molar-refractivity contribution in [2.24, 2.45) is 0 Å². The predicted molar refractivity (Wildman–Crippen MR) is 123 cm³/mol. The standard InChI is InChI=1S/C23H24ClN3O2S/c24-17-10-12-18(13-11-17)27-22(29)19-7-1-2-8-20(19)25-23(27)30-16-6-3-9-21(28)26-14-4-5-15-26/h1-2,7-8,10-13H,3-6,9,14-16H2. The van der Waals surface area contributed by atoms with E-state index in [0.29, 0.717) is 27.5 Å². The number of hydrogen-bond acceptors (Lipinski definition) is 4. The number of thioether (sulfide) groups is 1. The Morgan fingerprint density at radius 3 is 2.53 bits per heavy atom. The lowest BCUT2D eigenvalue weighted by atomic mass is 10.2. The third-order valence-corrected chi connectivity index (χ3v) is 6.58. The first kappa shape index (κ1) is 20.9.